The van der Waals surface area contributed by atoms with Crippen LogP contribution in [0.1, 0.15) is 45.4 Å². The highest BCUT2D eigenvalue weighted by Crippen LogP contribution is 2.33. The molecule has 10 nitrogen and oxygen atoms in total. The molecule has 1 saturated carbocycles. The van der Waals surface area contributed by atoms with Crippen molar-refractivity contribution < 1.29 is 27.5 Å². The lowest BCUT2D eigenvalue weighted by Gasteiger charge is -2.30. The van der Waals surface area contributed by atoms with Crippen molar-refractivity contribution in [3.63, 3.8) is 0 Å². The number of nitrogens with zero attached hydrogens (tertiary/aromatic N) is 1. The van der Waals surface area contributed by atoms with Crippen LogP contribution in [0.3, 0.4) is 0 Å². The van der Waals surface area contributed by atoms with Crippen molar-refractivity contribution in [2.75, 3.05) is 25.6 Å². The smallest absolute Gasteiger partial charge is 0.325 e. The van der Waals surface area contributed by atoms with Gasteiger partial charge in [0.05, 0.1) is 11.5 Å². The Morgan fingerprint density at radius 2 is 1.84 bits per heavy atom. The number of hydrogen-bond acceptors (Lipinski definition) is 6. The third-order valence-electron chi connectivity index (χ3n) is 5.74. The predicted molar refractivity (Wildman–Crippen MR) is 117 cm³/mol. The van der Waals surface area contributed by atoms with E-state index in [2.05, 4.69) is 15.4 Å². The molecule has 1 saturated heterocycles. The molecule has 1 aromatic rings. The van der Waals surface area contributed by atoms with Gasteiger partial charge in [0.15, 0.2) is 0 Å². The summed E-state index contributed by atoms with van der Waals surface area (Å²) in [6.07, 6.45) is 4.06. The number of carbonyl (C=O) groups excluding carboxylic acids is 3. The maximum atomic E-state index is 12.8. The van der Waals surface area contributed by atoms with Gasteiger partial charge in [0, 0.05) is 31.8 Å². The first kappa shape index (κ1) is 24.1. The minimum Gasteiger partial charge on any atom is -0.383 e. The first-order valence-electron chi connectivity index (χ1n) is 10.7. The fraction of sp³-hybridized carbons (Fsp3) is 0.571. The number of hydrogen-bond donors (Lipinski definition) is 3. The van der Waals surface area contributed by atoms with Crippen LogP contribution in [-0.2, 0) is 24.3 Å². The van der Waals surface area contributed by atoms with E-state index in [9.17, 15) is 22.8 Å². The predicted octanol–water partition coefficient (Wildman–Crippen LogP) is 1.58. The summed E-state index contributed by atoms with van der Waals surface area (Å²) in [4.78, 5) is 38.5. The van der Waals surface area contributed by atoms with Crippen LogP contribution >= 0.6 is 0 Å². The zero-order chi connectivity index (χ0) is 23.4. The molecule has 1 aromatic carbocycles. The summed E-state index contributed by atoms with van der Waals surface area (Å²) >= 11 is 0. The van der Waals surface area contributed by atoms with Crippen molar-refractivity contribution in [3.05, 3.63) is 24.3 Å². The second-order valence-corrected chi connectivity index (χ2v) is 10.0. The van der Waals surface area contributed by atoms with Crippen LogP contribution in [0.5, 0.6) is 0 Å². The quantitative estimate of drug-likeness (QED) is 0.473. The van der Waals surface area contributed by atoms with Gasteiger partial charge in [0.1, 0.15) is 5.54 Å². The van der Waals surface area contributed by atoms with Gasteiger partial charge in [-0.05, 0) is 44.0 Å². The average Bonchev–Trinajstić information content (AvgIpc) is 2.96. The normalized spacial score (nSPS) is 19.1. The third kappa shape index (κ3) is 5.45. The molecule has 32 heavy (non-hydrogen) atoms. The molecule has 1 heterocycles. The second kappa shape index (κ2) is 9.97. The van der Waals surface area contributed by atoms with Gasteiger partial charge in [0.25, 0.3) is 5.91 Å². The molecule has 2 aliphatic rings. The molecule has 1 aliphatic carbocycles. The second-order valence-electron chi connectivity index (χ2n) is 8.33. The van der Waals surface area contributed by atoms with Crippen molar-refractivity contribution in [1.29, 1.82) is 0 Å². The van der Waals surface area contributed by atoms with Gasteiger partial charge in [0.2, 0.25) is 15.9 Å². The molecule has 4 amide bonds. The zero-order valence-electron chi connectivity index (χ0n) is 18.3. The third-order valence-corrected chi connectivity index (χ3v) is 7.34. The minimum absolute atomic E-state index is 0.00792. The summed E-state index contributed by atoms with van der Waals surface area (Å²) in [5.74, 6) is -0.627. The molecule has 176 valence electrons. The average molecular weight is 467 g/mol. The lowest BCUT2D eigenvalue weighted by molar-refractivity contribution is -0.132. The minimum atomic E-state index is -3.71. The van der Waals surface area contributed by atoms with Crippen LogP contribution in [0, 0.1) is 0 Å². The molecule has 2 fully saturated rings. The van der Waals surface area contributed by atoms with Crippen molar-refractivity contribution in [3.8, 4) is 0 Å². The molecule has 1 spiro atoms. The number of imide groups is 1. The van der Waals surface area contributed by atoms with Crippen LogP contribution in [0.4, 0.5) is 10.5 Å². The number of carbonyl (C=O) groups is 3. The van der Waals surface area contributed by atoms with E-state index in [0.717, 1.165) is 24.2 Å². The molecule has 0 bridgehead atoms. The summed E-state index contributed by atoms with van der Waals surface area (Å²) in [5.41, 5.74) is -0.387. The number of nitrogens with one attached hydrogen (secondary N) is 3. The number of sulfonamides is 1. The number of anilines is 1. The molecule has 0 aromatic heterocycles. The number of methoxy groups -OCH3 is 1. The Kier molecular flexibility index (Phi) is 7.52. The van der Waals surface area contributed by atoms with Gasteiger partial charge < -0.3 is 15.4 Å². The van der Waals surface area contributed by atoms with E-state index >= 15 is 0 Å². The zero-order valence-corrected chi connectivity index (χ0v) is 19.2. The summed E-state index contributed by atoms with van der Waals surface area (Å²) in [5, 5.41) is 5.48. The summed E-state index contributed by atoms with van der Waals surface area (Å²) in [6, 6.07) is 4.91. The Morgan fingerprint density at radius 1 is 1.19 bits per heavy atom. The fourth-order valence-electron chi connectivity index (χ4n) is 4.14. The molecular weight excluding hydrogens is 436 g/mol. The van der Waals surface area contributed by atoms with Crippen molar-refractivity contribution in [2.45, 2.75) is 61.9 Å². The molecule has 3 rings (SSSR count). The Labute approximate surface area is 188 Å². The van der Waals surface area contributed by atoms with Gasteiger partial charge in [-0.25, -0.2) is 17.9 Å². The van der Waals surface area contributed by atoms with E-state index in [1.807, 2.05) is 0 Å². The van der Waals surface area contributed by atoms with Crippen LogP contribution < -0.4 is 15.4 Å². The van der Waals surface area contributed by atoms with Crippen molar-refractivity contribution in [2.24, 2.45) is 0 Å². The molecule has 1 unspecified atom stereocenters. The topological polar surface area (TPSA) is 134 Å². The molecular formula is C21H30N4O6S. The van der Waals surface area contributed by atoms with Gasteiger partial charge in [-0.3, -0.25) is 14.5 Å². The van der Waals surface area contributed by atoms with Crippen LogP contribution in [0.15, 0.2) is 29.2 Å². The first-order valence-corrected chi connectivity index (χ1v) is 12.2. The van der Waals surface area contributed by atoms with Crippen LogP contribution in [-0.4, -0.2) is 63.0 Å². The van der Waals surface area contributed by atoms with Gasteiger partial charge in [-0.1, -0.05) is 19.3 Å². The van der Waals surface area contributed by atoms with E-state index in [4.69, 9.17) is 4.74 Å². The Hall–Kier alpha value is -2.50. The van der Waals surface area contributed by atoms with Crippen molar-refractivity contribution >= 4 is 33.6 Å². The fourth-order valence-corrected chi connectivity index (χ4v) is 5.37. The maximum absolute atomic E-state index is 12.8. The highest BCUT2D eigenvalue weighted by molar-refractivity contribution is 7.89. The maximum Gasteiger partial charge on any atom is 0.325 e. The Bertz CT molecular complexity index is 957. The highest BCUT2D eigenvalue weighted by Gasteiger charge is 2.51. The molecule has 1 atom stereocenters. The SMILES string of the molecule is COCC(C)NS(=O)(=O)c1ccc(NC(=O)CCN2C(=O)NC3(CCCCC3)C2=O)cc1. The lowest BCUT2D eigenvalue weighted by atomic mass is 9.82. The van der Waals surface area contributed by atoms with Gasteiger partial charge >= 0.3 is 6.03 Å². The summed E-state index contributed by atoms with van der Waals surface area (Å²) in [6.45, 7) is 1.93. The largest absolute Gasteiger partial charge is 0.383 e. The van der Waals surface area contributed by atoms with Gasteiger partial charge in [-0.15, -0.1) is 0 Å². The first-order chi connectivity index (χ1) is 15.2. The summed E-state index contributed by atoms with van der Waals surface area (Å²) < 4.78 is 32.2. The lowest BCUT2D eigenvalue weighted by Crippen LogP contribution is -2.48. The summed E-state index contributed by atoms with van der Waals surface area (Å²) in [7, 11) is -2.22. The van der Waals surface area contributed by atoms with E-state index in [1.54, 1.807) is 6.92 Å². The number of urea groups is 1. The van der Waals surface area contributed by atoms with E-state index in [1.165, 1.54) is 31.4 Å². The molecule has 0 radical (unpaired) electrons. The standard InChI is InChI=1S/C21H30N4O6S/c1-15(14-31-2)24-32(29,30)17-8-6-16(7-9-17)22-18(26)10-13-25-19(27)21(23-20(25)28)11-4-3-5-12-21/h6-9,15,24H,3-5,10-14H2,1-2H3,(H,22,26)(H,23,28). The van der Waals surface area contributed by atoms with Crippen LogP contribution in [0.25, 0.3) is 0 Å². The van der Waals surface area contributed by atoms with E-state index in [0.29, 0.717) is 18.5 Å². The molecule has 3 N–H and O–H groups in total. The Balaban J connectivity index is 1.53. The number of amides is 4. The molecule has 11 heteroatoms. The monoisotopic (exact) mass is 466 g/mol. The van der Waals surface area contributed by atoms with E-state index < -0.39 is 21.6 Å². The van der Waals surface area contributed by atoms with Crippen molar-refractivity contribution in [1.82, 2.24) is 14.9 Å². The highest BCUT2D eigenvalue weighted by atomic mass is 32.2. The van der Waals surface area contributed by atoms with Crippen LogP contribution in [0.2, 0.25) is 0 Å². The number of ether oxygens (including phenoxy) is 1. The van der Waals surface area contributed by atoms with Gasteiger partial charge in [-0.2, -0.15) is 0 Å². The molecule has 1 aliphatic heterocycles. The number of rotatable bonds is 9. The van der Waals surface area contributed by atoms with E-state index in [-0.39, 0.29) is 42.3 Å². The Morgan fingerprint density at radius 3 is 2.47 bits per heavy atom. The number of benzene rings is 1.